The summed E-state index contributed by atoms with van der Waals surface area (Å²) in [6.45, 7) is 0. The van der Waals surface area contributed by atoms with Crippen molar-refractivity contribution >= 4 is 64.2 Å². The molecule has 11 aromatic rings. The van der Waals surface area contributed by atoms with Crippen LogP contribution in [0.2, 0.25) is 0 Å². The highest BCUT2D eigenvalue weighted by Gasteiger charge is 2.19. The van der Waals surface area contributed by atoms with Gasteiger partial charge in [0.2, 0.25) is 0 Å². The summed E-state index contributed by atoms with van der Waals surface area (Å²) >= 11 is 1.80. The van der Waals surface area contributed by atoms with Crippen LogP contribution in [-0.2, 0) is 0 Å². The minimum absolute atomic E-state index is 0.713. The van der Waals surface area contributed by atoms with E-state index in [1.807, 2.05) is 30.6 Å². The summed E-state index contributed by atoms with van der Waals surface area (Å²) in [5.41, 5.74) is 12.1. The van der Waals surface area contributed by atoms with Gasteiger partial charge in [0.15, 0.2) is 5.82 Å². The van der Waals surface area contributed by atoms with Crippen LogP contribution in [0.15, 0.2) is 182 Å². The molecule has 4 nitrogen and oxygen atoms in total. The van der Waals surface area contributed by atoms with E-state index in [9.17, 15) is 0 Å². The van der Waals surface area contributed by atoms with Crippen molar-refractivity contribution in [2.45, 2.75) is 0 Å². The van der Waals surface area contributed by atoms with Crippen LogP contribution in [0.3, 0.4) is 0 Å². The molecule has 54 heavy (non-hydrogen) atoms. The fourth-order valence-corrected chi connectivity index (χ4v) is 9.13. The second kappa shape index (κ2) is 12.3. The number of pyridine rings is 1. The largest absolute Gasteiger partial charge is 0.309 e. The number of rotatable bonds is 5. The van der Waals surface area contributed by atoms with Crippen LogP contribution in [0.5, 0.6) is 0 Å². The second-order valence-electron chi connectivity index (χ2n) is 13.7. The first-order valence-electron chi connectivity index (χ1n) is 18.1. The molecule has 0 aliphatic rings. The molecule has 4 heterocycles. The fraction of sp³-hybridized carbons (Fsp3) is 0. The van der Waals surface area contributed by atoms with Crippen molar-refractivity contribution in [1.82, 2.24) is 19.5 Å². The summed E-state index contributed by atoms with van der Waals surface area (Å²) in [5, 5.41) is 5.96. The lowest BCUT2D eigenvalue weighted by Gasteiger charge is -2.13. The lowest BCUT2D eigenvalue weighted by Crippen LogP contribution is -1.96. The van der Waals surface area contributed by atoms with Crippen LogP contribution in [0, 0.1) is 0 Å². The second-order valence-corrected chi connectivity index (χ2v) is 14.7. The Morgan fingerprint density at radius 1 is 0.444 bits per heavy atom. The Hall–Kier alpha value is -6.95. The van der Waals surface area contributed by atoms with Gasteiger partial charge in [-0.25, -0.2) is 9.97 Å². The Bertz CT molecular complexity index is 3200. The van der Waals surface area contributed by atoms with Gasteiger partial charge in [-0.3, -0.25) is 4.98 Å². The third kappa shape index (κ3) is 4.94. The Labute approximate surface area is 315 Å². The third-order valence-corrected chi connectivity index (χ3v) is 11.7. The van der Waals surface area contributed by atoms with Crippen molar-refractivity contribution in [3.8, 4) is 50.6 Å². The van der Waals surface area contributed by atoms with E-state index in [1.165, 1.54) is 58.7 Å². The van der Waals surface area contributed by atoms with Gasteiger partial charge in [0.25, 0.3) is 0 Å². The molecule has 0 bridgehead atoms. The summed E-state index contributed by atoms with van der Waals surface area (Å²) in [7, 11) is 0. The first-order chi connectivity index (χ1) is 26.8. The van der Waals surface area contributed by atoms with Crippen molar-refractivity contribution < 1.29 is 0 Å². The van der Waals surface area contributed by atoms with Gasteiger partial charge in [-0.05, 0) is 53.1 Å². The average Bonchev–Trinajstić information content (AvgIpc) is 3.79. The molecule has 4 aromatic heterocycles. The maximum atomic E-state index is 5.14. The number of para-hydroxylation sites is 2. The number of thiophene rings is 1. The fourth-order valence-electron chi connectivity index (χ4n) is 7.94. The summed E-state index contributed by atoms with van der Waals surface area (Å²) in [4.78, 5) is 14.7. The van der Waals surface area contributed by atoms with Crippen molar-refractivity contribution in [2.24, 2.45) is 0 Å². The van der Waals surface area contributed by atoms with Crippen molar-refractivity contribution in [3.63, 3.8) is 0 Å². The van der Waals surface area contributed by atoms with E-state index in [-0.39, 0.29) is 0 Å². The molecule has 0 atom stereocenters. The molecule has 0 spiro atoms. The molecular formula is C49H30N4S. The van der Waals surface area contributed by atoms with E-state index in [0.29, 0.717) is 5.82 Å². The van der Waals surface area contributed by atoms with Crippen LogP contribution in [0.4, 0.5) is 0 Å². The van der Waals surface area contributed by atoms with Crippen LogP contribution in [-0.4, -0.2) is 19.5 Å². The lowest BCUT2D eigenvalue weighted by atomic mass is 10.00. The summed E-state index contributed by atoms with van der Waals surface area (Å²) < 4.78 is 4.86. The number of hydrogen-bond donors (Lipinski definition) is 0. The quantitative estimate of drug-likeness (QED) is 0.179. The molecule has 0 fully saturated rings. The van der Waals surface area contributed by atoms with Gasteiger partial charge in [-0.2, -0.15) is 0 Å². The maximum absolute atomic E-state index is 5.14. The molecule has 11 rings (SSSR count). The molecule has 252 valence electrons. The topological polar surface area (TPSA) is 43.6 Å². The van der Waals surface area contributed by atoms with Crippen molar-refractivity contribution in [1.29, 1.82) is 0 Å². The highest BCUT2D eigenvalue weighted by molar-refractivity contribution is 7.26. The molecule has 5 heteroatoms. The van der Waals surface area contributed by atoms with Crippen molar-refractivity contribution in [2.75, 3.05) is 0 Å². The van der Waals surface area contributed by atoms with Gasteiger partial charge >= 0.3 is 0 Å². The maximum Gasteiger partial charge on any atom is 0.160 e. The molecule has 0 saturated heterocycles. The van der Waals surface area contributed by atoms with Crippen LogP contribution in [0.1, 0.15) is 0 Å². The zero-order valence-electron chi connectivity index (χ0n) is 29.0. The number of aromatic nitrogens is 4. The van der Waals surface area contributed by atoms with E-state index in [4.69, 9.17) is 9.97 Å². The smallest absolute Gasteiger partial charge is 0.160 e. The first-order valence-corrected chi connectivity index (χ1v) is 18.9. The van der Waals surface area contributed by atoms with E-state index in [0.717, 1.165) is 39.0 Å². The molecule has 0 amide bonds. The highest BCUT2D eigenvalue weighted by atomic mass is 32.1. The minimum atomic E-state index is 0.713. The SMILES string of the molecule is c1ccc(-c2ccc3c4ccccc4n(-c4cc(-c5ccc(-c6nc(-c7ccccc7)c7ccccc7n6)cc5)c5sc6cnccc6c5c4)c3c2)cc1. The van der Waals surface area contributed by atoms with E-state index >= 15 is 0 Å². The molecule has 0 aliphatic carbocycles. The Kier molecular flexibility index (Phi) is 7.00. The molecule has 0 N–H and O–H groups in total. The zero-order valence-corrected chi connectivity index (χ0v) is 29.8. The molecule has 0 saturated carbocycles. The minimum Gasteiger partial charge on any atom is -0.309 e. The molecular weight excluding hydrogens is 677 g/mol. The summed E-state index contributed by atoms with van der Waals surface area (Å²) in [6, 6.07) is 60.5. The Morgan fingerprint density at radius 3 is 1.96 bits per heavy atom. The summed E-state index contributed by atoms with van der Waals surface area (Å²) in [5.74, 6) is 0.713. The van der Waals surface area contributed by atoms with Gasteiger partial charge in [0.1, 0.15) is 0 Å². The number of benzene rings is 7. The van der Waals surface area contributed by atoms with Crippen molar-refractivity contribution in [3.05, 3.63) is 182 Å². The molecule has 0 unspecified atom stereocenters. The molecule has 0 aliphatic heterocycles. The normalized spacial score (nSPS) is 11.7. The highest BCUT2D eigenvalue weighted by Crippen LogP contribution is 2.44. The van der Waals surface area contributed by atoms with Crippen LogP contribution < -0.4 is 0 Å². The average molecular weight is 707 g/mol. The van der Waals surface area contributed by atoms with Crippen LogP contribution >= 0.6 is 11.3 Å². The monoisotopic (exact) mass is 706 g/mol. The predicted octanol–water partition coefficient (Wildman–Crippen LogP) is 13.2. The predicted molar refractivity (Wildman–Crippen MR) is 226 cm³/mol. The van der Waals surface area contributed by atoms with Gasteiger partial charge in [-0.15, -0.1) is 11.3 Å². The van der Waals surface area contributed by atoms with E-state index in [2.05, 4.69) is 161 Å². The van der Waals surface area contributed by atoms with E-state index in [1.54, 1.807) is 11.3 Å². The lowest BCUT2D eigenvalue weighted by molar-refractivity contribution is 1.19. The van der Waals surface area contributed by atoms with Gasteiger partial charge in [0, 0.05) is 66.4 Å². The molecule has 7 aromatic carbocycles. The Balaban J connectivity index is 1.11. The van der Waals surface area contributed by atoms with E-state index < -0.39 is 0 Å². The first kappa shape index (κ1) is 30.7. The van der Waals surface area contributed by atoms with Gasteiger partial charge < -0.3 is 4.57 Å². The molecule has 0 radical (unpaired) electrons. The van der Waals surface area contributed by atoms with Crippen LogP contribution in [0.25, 0.3) is 103 Å². The number of fused-ring (bicyclic) bond motifs is 7. The Morgan fingerprint density at radius 2 is 1.13 bits per heavy atom. The van der Waals surface area contributed by atoms with Gasteiger partial charge in [-0.1, -0.05) is 133 Å². The summed E-state index contributed by atoms with van der Waals surface area (Å²) in [6.07, 6.45) is 3.88. The third-order valence-electron chi connectivity index (χ3n) is 10.5. The number of nitrogens with zero attached hydrogens (tertiary/aromatic N) is 4. The number of hydrogen-bond acceptors (Lipinski definition) is 4. The zero-order chi connectivity index (χ0) is 35.6. The van der Waals surface area contributed by atoms with Gasteiger partial charge in [0.05, 0.1) is 26.9 Å². The standard InChI is InChI=1S/C49H30N4S/c1-3-11-31(12-4-1)35-23-24-38-37-15-8-10-18-44(37)53(45(38)27-35)36-28-41(48-42(29-36)39-25-26-50-30-46(39)54-48)32-19-21-34(22-20-32)49-51-43-17-9-7-16-40(43)47(52-49)33-13-5-2-6-14-33/h1-30H.